The highest BCUT2D eigenvalue weighted by Gasteiger charge is 2.35. The fourth-order valence-electron chi connectivity index (χ4n) is 2.60. The van der Waals surface area contributed by atoms with E-state index in [1.165, 1.54) is 14.2 Å². The van der Waals surface area contributed by atoms with E-state index in [4.69, 9.17) is 14.2 Å². The summed E-state index contributed by atoms with van der Waals surface area (Å²) in [4.78, 5) is 23.9. The Hall–Kier alpha value is -2.56. The number of carbonyl (C=O) groups excluding carboxylic acids is 2. The Kier molecular flexibility index (Phi) is 5.21. The molecule has 0 aliphatic heterocycles. The third-order valence-electron chi connectivity index (χ3n) is 4.01. The van der Waals surface area contributed by atoms with Crippen LogP contribution in [0, 0.1) is 5.92 Å². The minimum absolute atomic E-state index is 0.360. The van der Waals surface area contributed by atoms with Gasteiger partial charge in [-0.25, -0.2) is 0 Å². The summed E-state index contributed by atoms with van der Waals surface area (Å²) in [5.74, 6) is -1.76. The number of methoxy groups -OCH3 is 3. The fraction of sp³-hybridized carbons (Fsp3) is 0.333. The summed E-state index contributed by atoms with van der Waals surface area (Å²) >= 11 is 0. The monoisotopic (exact) mass is 316 g/mol. The van der Waals surface area contributed by atoms with Crippen molar-refractivity contribution in [3.63, 3.8) is 0 Å². The number of hydrogen-bond donors (Lipinski definition) is 0. The molecule has 5 heteroatoms. The predicted octanol–water partition coefficient (Wildman–Crippen LogP) is 2.91. The molecule has 0 unspecified atom stereocenters. The van der Waals surface area contributed by atoms with Gasteiger partial charge in [0, 0.05) is 5.92 Å². The van der Waals surface area contributed by atoms with Crippen LogP contribution in [0.4, 0.5) is 0 Å². The highest BCUT2D eigenvalue weighted by Crippen LogP contribution is 2.30. The minimum atomic E-state index is -0.985. The lowest BCUT2D eigenvalue weighted by Crippen LogP contribution is -2.31. The lowest BCUT2D eigenvalue weighted by molar-refractivity contribution is -0.159. The maximum Gasteiger partial charge on any atom is 0.320 e. The molecule has 0 aliphatic rings. The Morgan fingerprint density at radius 3 is 2.00 bits per heavy atom. The van der Waals surface area contributed by atoms with E-state index in [1.54, 1.807) is 7.11 Å². The van der Waals surface area contributed by atoms with Crippen molar-refractivity contribution in [1.29, 1.82) is 0 Å². The first-order valence-corrected chi connectivity index (χ1v) is 7.25. The zero-order valence-corrected chi connectivity index (χ0v) is 13.7. The van der Waals surface area contributed by atoms with Crippen molar-refractivity contribution in [1.82, 2.24) is 0 Å². The number of esters is 2. The van der Waals surface area contributed by atoms with Crippen molar-refractivity contribution in [2.75, 3.05) is 21.3 Å². The Bertz CT molecular complexity index is 706. The van der Waals surface area contributed by atoms with Crippen molar-refractivity contribution in [2.24, 2.45) is 5.92 Å². The maximum atomic E-state index is 11.9. The van der Waals surface area contributed by atoms with E-state index in [0.29, 0.717) is 0 Å². The van der Waals surface area contributed by atoms with Gasteiger partial charge in [-0.3, -0.25) is 9.59 Å². The van der Waals surface area contributed by atoms with E-state index in [-0.39, 0.29) is 5.92 Å². The highest BCUT2D eigenvalue weighted by atomic mass is 16.5. The maximum absolute atomic E-state index is 11.9. The number of benzene rings is 2. The molecule has 23 heavy (non-hydrogen) atoms. The molecule has 0 radical (unpaired) electrons. The molecule has 5 nitrogen and oxygen atoms in total. The van der Waals surface area contributed by atoms with Crippen molar-refractivity contribution in [3.05, 3.63) is 42.0 Å². The molecule has 0 saturated carbocycles. The molecule has 0 N–H and O–H groups in total. The quantitative estimate of drug-likeness (QED) is 0.627. The lowest BCUT2D eigenvalue weighted by atomic mass is 9.86. The number of rotatable bonds is 5. The van der Waals surface area contributed by atoms with E-state index < -0.39 is 17.9 Å². The van der Waals surface area contributed by atoms with Crippen LogP contribution in [-0.4, -0.2) is 33.3 Å². The van der Waals surface area contributed by atoms with Crippen LogP contribution in [0.3, 0.4) is 0 Å². The van der Waals surface area contributed by atoms with E-state index in [2.05, 4.69) is 0 Å². The van der Waals surface area contributed by atoms with Crippen LogP contribution in [0.1, 0.15) is 18.4 Å². The van der Waals surface area contributed by atoms with Crippen molar-refractivity contribution < 1.29 is 23.8 Å². The standard InChI is InChI=1S/C18H20O5/c1-11(16(17(19)22-3)18(20)23-4)12-5-6-14-10-15(21-2)8-7-13(14)9-12/h5-11,16H,1-4H3/t11-/m0/s1. The average molecular weight is 316 g/mol. The van der Waals surface area contributed by atoms with Crippen LogP contribution < -0.4 is 4.74 Å². The van der Waals surface area contributed by atoms with Crippen molar-refractivity contribution >= 4 is 22.7 Å². The molecule has 0 amide bonds. The first kappa shape index (κ1) is 16.8. The van der Waals surface area contributed by atoms with Gasteiger partial charge < -0.3 is 14.2 Å². The number of hydrogen-bond acceptors (Lipinski definition) is 5. The molecule has 122 valence electrons. The summed E-state index contributed by atoms with van der Waals surface area (Å²) in [6, 6.07) is 11.5. The molecule has 0 bridgehead atoms. The second-order valence-electron chi connectivity index (χ2n) is 5.29. The number of fused-ring (bicyclic) bond motifs is 1. The molecule has 0 saturated heterocycles. The Morgan fingerprint density at radius 2 is 1.43 bits per heavy atom. The Balaban J connectivity index is 2.40. The van der Waals surface area contributed by atoms with Gasteiger partial charge in [-0.05, 0) is 28.5 Å². The summed E-state index contributed by atoms with van der Waals surface area (Å²) in [6.07, 6.45) is 0. The minimum Gasteiger partial charge on any atom is -0.497 e. The SMILES string of the molecule is COC(=O)C(C(=O)OC)[C@@H](C)c1ccc2cc(OC)ccc2c1. The van der Waals surface area contributed by atoms with E-state index >= 15 is 0 Å². The normalized spacial score (nSPS) is 12.0. The van der Waals surface area contributed by atoms with Gasteiger partial charge in [-0.1, -0.05) is 31.2 Å². The van der Waals surface area contributed by atoms with Crippen LogP contribution >= 0.6 is 0 Å². The molecule has 2 aromatic carbocycles. The zero-order valence-electron chi connectivity index (χ0n) is 13.7. The summed E-state index contributed by atoms with van der Waals surface area (Å²) < 4.78 is 14.7. The van der Waals surface area contributed by atoms with Gasteiger partial charge in [-0.15, -0.1) is 0 Å². The topological polar surface area (TPSA) is 61.8 Å². The molecule has 2 rings (SSSR count). The second-order valence-corrected chi connectivity index (χ2v) is 5.29. The van der Waals surface area contributed by atoms with Crippen LogP contribution in [0.25, 0.3) is 10.8 Å². The second kappa shape index (κ2) is 7.13. The van der Waals surface area contributed by atoms with Crippen LogP contribution in [0.5, 0.6) is 5.75 Å². The van der Waals surface area contributed by atoms with Gasteiger partial charge in [0.05, 0.1) is 21.3 Å². The Labute approximate surface area is 135 Å². The lowest BCUT2D eigenvalue weighted by Gasteiger charge is -2.20. The molecular formula is C18H20O5. The summed E-state index contributed by atoms with van der Waals surface area (Å²) in [5, 5.41) is 2.02. The molecule has 1 atom stereocenters. The van der Waals surface area contributed by atoms with E-state index in [1.807, 2.05) is 43.3 Å². The summed E-state index contributed by atoms with van der Waals surface area (Å²) in [5.41, 5.74) is 0.864. The van der Waals surface area contributed by atoms with E-state index in [9.17, 15) is 9.59 Å². The van der Waals surface area contributed by atoms with Gasteiger partial charge in [0.25, 0.3) is 0 Å². The first-order valence-electron chi connectivity index (χ1n) is 7.25. The van der Waals surface area contributed by atoms with Crippen molar-refractivity contribution in [3.8, 4) is 5.75 Å². The molecule has 0 aliphatic carbocycles. The average Bonchev–Trinajstić information content (AvgIpc) is 2.60. The molecule has 0 fully saturated rings. The molecule has 0 heterocycles. The molecule has 2 aromatic rings. The third kappa shape index (κ3) is 3.44. The number of carbonyl (C=O) groups is 2. The van der Waals surface area contributed by atoms with Gasteiger partial charge in [0.15, 0.2) is 5.92 Å². The van der Waals surface area contributed by atoms with Gasteiger partial charge in [0.2, 0.25) is 0 Å². The van der Waals surface area contributed by atoms with Crippen molar-refractivity contribution in [2.45, 2.75) is 12.8 Å². The largest absolute Gasteiger partial charge is 0.497 e. The molecular weight excluding hydrogens is 296 g/mol. The predicted molar refractivity (Wildman–Crippen MR) is 86.4 cm³/mol. The van der Waals surface area contributed by atoms with Crippen LogP contribution in [0.2, 0.25) is 0 Å². The molecule has 0 spiro atoms. The van der Waals surface area contributed by atoms with Gasteiger partial charge in [0.1, 0.15) is 5.75 Å². The Morgan fingerprint density at radius 1 is 0.870 bits per heavy atom. The summed E-state index contributed by atoms with van der Waals surface area (Å²) in [6.45, 7) is 1.81. The van der Waals surface area contributed by atoms with Gasteiger partial charge >= 0.3 is 11.9 Å². The third-order valence-corrected chi connectivity index (χ3v) is 4.01. The van der Waals surface area contributed by atoms with Crippen LogP contribution in [-0.2, 0) is 19.1 Å². The van der Waals surface area contributed by atoms with Crippen LogP contribution in [0.15, 0.2) is 36.4 Å². The number of ether oxygens (including phenoxy) is 3. The smallest absolute Gasteiger partial charge is 0.320 e. The van der Waals surface area contributed by atoms with Gasteiger partial charge in [-0.2, -0.15) is 0 Å². The molecule has 0 aromatic heterocycles. The highest BCUT2D eigenvalue weighted by molar-refractivity contribution is 5.96. The fourth-order valence-corrected chi connectivity index (χ4v) is 2.60. The van der Waals surface area contributed by atoms with E-state index in [0.717, 1.165) is 22.1 Å². The zero-order chi connectivity index (χ0) is 17.0. The first-order chi connectivity index (χ1) is 11.0. The summed E-state index contributed by atoms with van der Waals surface area (Å²) in [7, 11) is 4.14.